The number of carbonyl (C=O) groups excluding carboxylic acids is 1. The van der Waals surface area contributed by atoms with Crippen LogP contribution >= 0.6 is 12.4 Å². The third-order valence-corrected chi connectivity index (χ3v) is 2.08. The molecule has 0 bridgehead atoms. The van der Waals surface area contributed by atoms with Crippen molar-refractivity contribution in [1.82, 2.24) is 0 Å². The molecule has 0 aromatic heterocycles. The molecule has 0 unspecified atom stereocenters. The summed E-state index contributed by atoms with van der Waals surface area (Å²) in [6, 6.07) is 4.57. The summed E-state index contributed by atoms with van der Waals surface area (Å²) in [5.74, 6) is 0.937. The Morgan fingerprint density at radius 3 is 2.47 bits per heavy atom. The number of nitrogens with two attached hydrogens (primary N) is 1. The van der Waals surface area contributed by atoms with Crippen molar-refractivity contribution < 1.29 is 14.3 Å². The summed E-state index contributed by atoms with van der Waals surface area (Å²) in [5.41, 5.74) is 6.03. The molecule has 17 heavy (non-hydrogen) atoms. The summed E-state index contributed by atoms with van der Waals surface area (Å²) in [7, 11) is 3.09. The van der Waals surface area contributed by atoms with E-state index >= 15 is 0 Å². The molecule has 1 aromatic carbocycles. The number of methoxy groups -OCH3 is 2. The van der Waals surface area contributed by atoms with Crippen LogP contribution in [0.1, 0.15) is 6.92 Å². The fourth-order valence-corrected chi connectivity index (χ4v) is 1.15. The average molecular weight is 261 g/mol. The van der Waals surface area contributed by atoms with Crippen molar-refractivity contribution in [1.29, 1.82) is 0 Å². The number of hydrogen-bond acceptors (Lipinski definition) is 4. The van der Waals surface area contributed by atoms with E-state index in [-0.39, 0.29) is 18.3 Å². The predicted molar refractivity (Wildman–Crippen MR) is 69.1 cm³/mol. The van der Waals surface area contributed by atoms with Crippen LogP contribution in [0.3, 0.4) is 0 Å². The minimum absolute atomic E-state index is 0. The minimum Gasteiger partial charge on any atom is -0.497 e. The van der Waals surface area contributed by atoms with Gasteiger partial charge in [-0.1, -0.05) is 0 Å². The van der Waals surface area contributed by atoms with Gasteiger partial charge in [0.1, 0.15) is 11.5 Å². The van der Waals surface area contributed by atoms with Crippen molar-refractivity contribution in [2.75, 3.05) is 19.5 Å². The topological polar surface area (TPSA) is 73.6 Å². The van der Waals surface area contributed by atoms with Crippen molar-refractivity contribution in [3.05, 3.63) is 18.2 Å². The maximum atomic E-state index is 11.4. The fraction of sp³-hybridized carbons (Fsp3) is 0.364. The molecule has 5 nitrogen and oxygen atoms in total. The molecule has 1 aromatic rings. The molecule has 0 aliphatic carbocycles. The van der Waals surface area contributed by atoms with Crippen LogP contribution in [0.15, 0.2) is 18.2 Å². The number of rotatable bonds is 4. The van der Waals surface area contributed by atoms with E-state index in [1.165, 1.54) is 7.11 Å². The van der Waals surface area contributed by atoms with Gasteiger partial charge in [-0.3, -0.25) is 4.79 Å². The highest BCUT2D eigenvalue weighted by molar-refractivity contribution is 5.95. The summed E-state index contributed by atoms with van der Waals surface area (Å²) in [6.45, 7) is 1.62. The van der Waals surface area contributed by atoms with Gasteiger partial charge < -0.3 is 20.5 Å². The van der Waals surface area contributed by atoms with Gasteiger partial charge in [0.25, 0.3) is 0 Å². The number of halogens is 1. The zero-order chi connectivity index (χ0) is 12.1. The molecule has 0 aliphatic heterocycles. The summed E-state index contributed by atoms with van der Waals surface area (Å²) >= 11 is 0. The molecule has 0 saturated carbocycles. The normalized spacial score (nSPS) is 11.1. The molecule has 96 valence electrons. The van der Waals surface area contributed by atoms with Crippen LogP contribution in [0.4, 0.5) is 5.69 Å². The van der Waals surface area contributed by atoms with Gasteiger partial charge in [-0.25, -0.2) is 0 Å². The second-order valence-electron chi connectivity index (χ2n) is 3.34. The van der Waals surface area contributed by atoms with Crippen molar-refractivity contribution >= 4 is 24.0 Å². The molecule has 3 N–H and O–H groups in total. The van der Waals surface area contributed by atoms with Crippen molar-refractivity contribution in [2.24, 2.45) is 5.73 Å². The number of anilines is 1. The van der Waals surface area contributed by atoms with Gasteiger partial charge in [-0.15, -0.1) is 12.4 Å². The first-order valence-electron chi connectivity index (χ1n) is 4.87. The number of nitrogens with one attached hydrogen (secondary N) is 1. The quantitative estimate of drug-likeness (QED) is 0.859. The van der Waals surface area contributed by atoms with E-state index in [2.05, 4.69) is 5.32 Å². The Morgan fingerprint density at radius 2 is 2.00 bits per heavy atom. The van der Waals surface area contributed by atoms with E-state index in [1.54, 1.807) is 32.2 Å². The standard InChI is InChI=1S/C11H16N2O3.ClH/c1-7(12)11(14)13-9-5-4-8(15-2)6-10(9)16-3;/h4-7H,12H2,1-3H3,(H,13,14);1H/t7-;/m1./s1. The molecule has 0 fully saturated rings. The molecular weight excluding hydrogens is 244 g/mol. The third-order valence-electron chi connectivity index (χ3n) is 2.08. The van der Waals surface area contributed by atoms with Crippen LogP contribution in [0, 0.1) is 0 Å². The predicted octanol–water partition coefficient (Wildman–Crippen LogP) is 1.41. The largest absolute Gasteiger partial charge is 0.497 e. The summed E-state index contributed by atoms with van der Waals surface area (Å²) in [4.78, 5) is 11.4. The average Bonchev–Trinajstić information content (AvgIpc) is 2.29. The summed E-state index contributed by atoms with van der Waals surface area (Å²) < 4.78 is 10.2. The van der Waals surface area contributed by atoms with Gasteiger partial charge in [0.15, 0.2) is 0 Å². The van der Waals surface area contributed by atoms with Crippen molar-refractivity contribution in [2.45, 2.75) is 13.0 Å². The molecule has 0 spiro atoms. The molecule has 0 saturated heterocycles. The molecule has 1 amide bonds. The SMILES string of the molecule is COc1ccc(NC(=O)[C@@H](C)N)c(OC)c1.Cl. The number of hydrogen-bond donors (Lipinski definition) is 2. The van der Waals surface area contributed by atoms with Crippen molar-refractivity contribution in [3.63, 3.8) is 0 Å². The van der Waals surface area contributed by atoms with E-state index in [4.69, 9.17) is 15.2 Å². The summed E-state index contributed by atoms with van der Waals surface area (Å²) in [6.07, 6.45) is 0. The lowest BCUT2D eigenvalue weighted by Gasteiger charge is -2.12. The monoisotopic (exact) mass is 260 g/mol. The second-order valence-corrected chi connectivity index (χ2v) is 3.34. The van der Waals surface area contributed by atoms with Gasteiger partial charge in [0.2, 0.25) is 5.91 Å². The lowest BCUT2D eigenvalue weighted by Crippen LogP contribution is -2.32. The molecule has 0 heterocycles. The molecular formula is C11H17ClN2O3. The van der Waals surface area contributed by atoms with Crippen LogP contribution in [0.2, 0.25) is 0 Å². The number of carbonyl (C=O) groups is 1. The Bertz CT molecular complexity index is 383. The van der Waals surface area contributed by atoms with Crippen LogP contribution in [0.25, 0.3) is 0 Å². The van der Waals surface area contributed by atoms with Gasteiger partial charge in [-0.2, -0.15) is 0 Å². The molecule has 0 radical (unpaired) electrons. The highest BCUT2D eigenvalue weighted by atomic mass is 35.5. The van der Waals surface area contributed by atoms with E-state index in [0.717, 1.165) is 0 Å². The minimum atomic E-state index is -0.563. The highest BCUT2D eigenvalue weighted by Crippen LogP contribution is 2.28. The van der Waals surface area contributed by atoms with Gasteiger partial charge in [-0.05, 0) is 19.1 Å². The second kappa shape index (κ2) is 6.98. The van der Waals surface area contributed by atoms with Gasteiger partial charge in [0, 0.05) is 6.07 Å². The van der Waals surface area contributed by atoms with Crippen LogP contribution in [-0.2, 0) is 4.79 Å². The van der Waals surface area contributed by atoms with Crippen LogP contribution in [0.5, 0.6) is 11.5 Å². The molecule has 1 rings (SSSR count). The maximum absolute atomic E-state index is 11.4. The maximum Gasteiger partial charge on any atom is 0.241 e. The summed E-state index contributed by atoms with van der Waals surface area (Å²) in [5, 5.41) is 2.67. The Balaban J connectivity index is 0.00000256. The Morgan fingerprint density at radius 1 is 1.35 bits per heavy atom. The first kappa shape index (κ1) is 15.5. The smallest absolute Gasteiger partial charge is 0.241 e. The first-order chi connectivity index (χ1) is 7.58. The van der Waals surface area contributed by atoms with Gasteiger partial charge in [0.05, 0.1) is 25.9 Å². The van der Waals surface area contributed by atoms with E-state index in [1.807, 2.05) is 0 Å². The van der Waals surface area contributed by atoms with E-state index in [0.29, 0.717) is 17.2 Å². The number of ether oxygens (including phenoxy) is 2. The lowest BCUT2D eigenvalue weighted by atomic mass is 10.2. The third kappa shape index (κ3) is 4.13. The Kier molecular flexibility index (Phi) is 6.38. The molecule has 6 heteroatoms. The van der Waals surface area contributed by atoms with E-state index < -0.39 is 6.04 Å². The Labute approximate surface area is 107 Å². The number of benzene rings is 1. The first-order valence-corrected chi connectivity index (χ1v) is 4.87. The lowest BCUT2D eigenvalue weighted by molar-refractivity contribution is -0.117. The van der Waals surface area contributed by atoms with Crippen LogP contribution in [-0.4, -0.2) is 26.2 Å². The molecule has 1 atom stereocenters. The Hall–Kier alpha value is -1.46. The van der Waals surface area contributed by atoms with E-state index in [9.17, 15) is 4.79 Å². The molecule has 0 aliphatic rings. The zero-order valence-corrected chi connectivity index (χ0v) is 10.8. The van der Waals surface area contributed by atoms with Crippen molar-refractivity contribution in [3.8, 4) is 11.5 Å². The van der Waals surface area contributed by atoms with Crippen LogP contribution < -0.4 is 20.5 Å². The highest BCUT2D eigenvalue weighted by Gasteiger charge is 2.11. The number of amides is 1. The van der Waals surface area contributed by atoms with Gasteiger partial charge >= 0.3 is 0 Å². The fourth-order valence-electron chi connectivity index (χ4n) is 1.15. The zero-order valence-electron chi connectivity index (χ0n) is 10.0.